The number of anilines is 3. The molecule has 0 aliphatic carbocycles. The Morgan fingerprint density at radius 3 is 2.75 bits per heavy atom. The van der Waals surface area contributed by atoms with Crippen LogP contribution in [0.5, 0.6) is 0 Å². The molecule has 106 valence electrons. The van der Waals surface area contributed by atoms with Gasteiger partial charge in [-0.15, -0.1) is 0 Å². The van der Waals surface area contributed by atoms with Crippen molar-refractivity contribution < 1.29 is 8.78 Å². The van der Waals surface area contributed by atoms with Crippen LogP contribution < -0.4 is 16.6 Å². The molecule has 0 fully saturated rings. The van der Waals surface area contributed by atoms with E-state index in [4.69, 9.17) is 17.4 Å². The van der Waals surface area contributed by atoms with Crippen molar-refractivity contribution in [2.24, 2.45) is 5.84 Å². The van der Waals surface area contributed by atoms with Crippen LogP contribution in [-0.2, 0) is 0 Å². The van der Waals surface area contributed by atoms with Gasteiger partial charge in [0.15, 0.2) is 5.82 Å². The monoisotopic (exact) mass is 317 g/mol. The molecule has 0 atom stereocenters. The molecule has 9 heteroatoms. The molecule has 0 amide bonds. The largest absolute Gasteiger partial charge is 0.338 e. The summed E-state index contributed by atoms with van der Waals surface area (Å²) in [4.78, 5) is 8.23. The Morgan fingerprint density at radius 2 is 2.05 bits per heavy atom. The third-order valence-corrected chi connectivity index (χ3v) is 3.29. The van der Waals surface area contributed by atoms with E-state index < -0.39 is 5.76 Å². The van der Waals surface area contributed by atoms with Gasteiger partial charge in [-0.2, -0.15) is 13.8 Å². The van der Waals surface area contributed by atoms with Crippen molar-refractivity contribution in [3.63, 3.8) is 0 Å². The SMILES string of the molecule is NNc1ncc(Cl)c(Nc2ccccc2SC(F)F)n1. The van der Waals surface area contributed by atoms with E-state index in [9.17, 15) is 8.78 Å². The molecular formula is C11H10ClF2N5S. The third kappa shape index (κ3) is 3.69. The number of nitrogens with two attached hydrogens (primary N) is 1. The number of hydrogen-bond acceptors (Lipinski definition) is 6. The van der Waals surface area contributed by atoms with Crippen molar-refractivity contribution in [1.29, 1.82) is 0 Å². The maximum atomic E-state index is 12.5. The van der Waals surface area contributed by atoms with Crippen molar-refractivity contribution in [3.8, 4) is 0 Å². The molecular weight excluding hydrogens is 308 g/mol. The first-order chi connectivity index (χ1) is 9.60. The summed E-state index contributed by atoms with van der Waals surface area (Å²) >= 11 is 6.39. The summed E-state index contributed by atoms with van der Waals surface area (Å²) in [5.41, 5.74) is 2.75. The van der Waals surface area contributed by atoms with Crippen LogP contribution >= 0.6 is 23.4 Å². The number of alkyl halides is 2. The van der Waals surface area contributed by atoms with Gasteiger partial charge in [-0.05, 0) is 12.1 Å². The lowest BCUT2D eigenvalue weighted by Crippen LogP contribution is -2.11. The van der Waals surface area contributed by atoms with E-state index in [-0.39, 0.29) is 16.8 Å². The van der Waals surface area contributed by atoms with Gasteiger partial charge in [-0.1, -0.05) is 35.5 Å². The standard InChI is InChI=1S/C11H10ClF2N5S/c12-6-5-16-11(19-15)18-9(6)17-7-3-1-2-4-8(7)20-10(13)14/h1-5,10H,15H2,(H2,16,17,18,19). The number of nitrogen functional groups attached to an aromatic ring is 1. The molecule has 0 unspecified atom stereocenters. The van der Waals surface area contributed by atoms with Gasteiger partial charge in [0.05, 0.1) is 11.9 Å². The smallest absolute Gasteiger partial charge is 0.288 e. The molecule has 4 N–H and O–H groups in total. The number of nitrogens with one attached hydrogen (secondary N) is 2. The second-order valence-corrected chi connectivity index (χ2v) is 4.97. The highest BCUT2D eigenvalue weighted by Gasteiger charge is 2.12. The van der Waals surface area contributed by atoms with Crippen LogP contribution in [0.25, 0.3) is 0 Å². The zero-order valence-electron chi connectivity index (χ0n) is 9.98. The van der Waals surface area contributed by atoms with E-state index in [2.05, 4.69) is 20.7 Å². The van der Waals surface area contributed by atoms with Gasteiger partial charge < -0.3 is 5.32 Å². The van der Waals surface area contributed by atoms with E-state index in [1.54, 1.807) is 24.3 Å². The first kappa shape index (κ1) is 14.8. The third-order valence-electron chi connectivity index (χ3n) is 2.23. The van der Waals surface area contributed by atoms with Gasteiger partial charge in [0.25, 0.3) is 5.76 Å². The van der Waals surface area contributed by atoms with Crippen LogP contribution in [0, 0.1) is 0 Å². The number of nitrogens with zero attached hydrogens (tertiary/aromatic N) is 2. The average molecular weight is 318 g/mol. The molecule has 0 spiro atoms. The average Bonchev–Trinajstić information content (AvgIpc) is 2.43. The second-order valence-electron chi connectivity index (χ2n) is 3.53. The zero-order valence-corrected chi connectivity index (χ0v) is 11.6. The van der Waals surface area contributed by atoms with Crippen molar-refractivity contribution in [2.75, 3.05) is 10.7 Å². The highest BCUT2D eigenvalue weighted by molar-refractivity contribution is 7.99. The lowest BCUT2D eigenvalue weighted by molar-refractivity contribution is 0.252. The van der Waals surface area contributed by atoms with Crippen molar-refractivity contribution in [2.45, 2.75) is 10.7 Å². The molecule has 1 heterocycles. The molecule has 2 aromatic rings. The molecule has 0 aliphatic rings. The van der Waals surface area contributed by atoms with E-state index in [1.165, 1.54) is 6.20 Å². The Balaban J connectivity index is 2.30. The summed E-state index contributed by atoms with van der Waals surface area (Å²) in [7, 11) is 0. The highest BCUT2D eigenvalue weighted by Crippen LogP contribution is 2.34. The molecule has 0 saturated carbocycles. The van der Waals surface area contributed by atoms with Crippen LogP contribution in [0.1, 0.15) is 0 Å². The zero-order chi connectivity index (χ0) is 14.5. The number of thioether (sulfide) groups is 1. The molecule has 1 aromatic carbocycles. The van der Waals surface area contributed by atoms with E-state index in [0.29, 0.717) is 22.3 Å². The number of para-hydroxylation sites is 1. The van der Waals surface area contributed by atoms with Crippen molar-refractivity contribution >= 4 is 40.8 Å². The molecule has 5 nitrogen and oxygen atoms in total. The van der Waals surface area contributed by atoms with Crippen molar-refractivity contribution in [1.82, 2.24) is 9.97 Å². The number of benzene rings is 1. The minimum absolute atomic E-state index is 0.163. The molecule has 0 radical (unpaired) electrons. The predicted molar refractivity (Wildman–Crippen MR) is 76.4 cm³/mol. The minimum Gasteiger partial charge on any atom is -0.338 e. The van der Waals surface area contributed by atoms with E-state index in [0.717, 1.165) is 0 Å². The first-order valence-corrected chi connectivity index (χ1v) is 6.66. The van der Waals surface area contributed by atoms with Gasteiger partial charge in [0.1, 0.15) is 5.02 Å². The second kappa shape index (κ2) is 6.69. The summed E-state index contributed by atoms with van der Waals surface area (Å²) in [6.45, 7) is 0. The Bertz CT molecular complexity index is 599. The lowest BCUT2D eigenvalue weighted by Gasteiger charge is -2.12. The number of rotatable bonds is 5. The fourth-order valence-electron chi connectivity index (χ4n) is 1.42. The Morgan fingerprint density at radius 1 is 1.30 bits per heavy atom. The minimum atomic E-state index is -2.51. The molecule has 20 heavy (non-hydrogen) atoms. The number of hydrazine groups is 1. The maximum absolute atomic E-state index is 12.5. The molecule has 2 rings (SSSR count). The van der Waals surface area contributed by atoms with Gasteiger partial charge in [-0.25, -0.2) is 10.8 Å². The summed E-state index contributed by atoms with van der Waals surface area (Å²) in [6, 6.07) is 6.62. The van der Waals surface area contributed by atoms with Gasteiger partial charge in [0.2, 0.25) is 5.95 Å². The molecule has 1 aromatic heterocycles. The summed E-state index contributed by atoms with van der Waals surface area (Å²) < 4.78 is 25.0. The number of aromatic nitrogens is 2. The van der Waals surface area contributed by atoms with E-state index >= 15 is 0 Å². The van der Waals surface area contributed by atoms with Gasteiger partial charge in [-0.3, -0.25) is 5.43 Å². The molecule has 0 aliphatic heterocycles. The molecule has 0 saturated heterocycles. The van der Waals surface area contributed by atoms with E-state index in [1.807, 2.05) is 0 Å². The Labute approximate surface area is 122 Å². The van der Waals surface area contributed by atoms with Gasteiger partial charge >= 0.3 is 0 Å². The van der Waals surface area contributed by atoms with Crippen LogP contribution in [0.4, 0.5) is 26.2 Å². The number of hydrogen-bond donors (Lipinski definition) is 3. The fraction of sp³-hybridized carbons (Fsp3) is 0.0909. The Kier molecular flexibility index (Phi) is 4.94. The van der Waals surface area contributed by atoms with Crippen LogP contribution in [-0.4, -0.2) is 15.7 Å². The highest BCUT2D eigenvalue weighted by atomic mass is 35.5. The topological polar surface area (TPSA) is 75.9 Å². The fourth-order valence-corrected chi connectivity index (χ4v) is 2.15. The lowest BCUT2D eigenvalue weighted by atomic mass is 10.3. The maximum Gasteiger partial charge on any atom is 0.288 e. The van der Waals surface area contributed by atoms with Gasteiger partial charge in [0, 0.05) is 4.90 Å². The van der Waals surface area contributed by atoms with Crippen LogP contribution in [0.3, 0.4) is 0 Å². The normalized spacial score (nSPS) is 10.7. The molecule has 0 bridgehead atoms. The Hall–Kier alpha value is -1.64. The van der Waals surface area contributed by atoms with Crippen LogP contribution in [0.2, 0.25) is 5.02 Å². The first-order valence-electron chi connectivity index (χ1n) is 5.40. The summed E-state index contributed by atoms with van der Waals surface area (Å²) in [6.07, 6.45) is 1.36. The summed E-state index contributed by atoms with van der Waals surface area (Å²) in [5.74, 6) is 3.13. The quantitative estimate of drug-likeness (QED) is 0.445. The van der Waals surface area contributed by atoms with Crippen molar-refractivity contribution in [3.05, 3.63) is 35.5 Å². The number of halogens is 3. The van der Waals surface area contributed by atoms with Crippen LogP contribution in [0.15, 0.2) is 35.4 Å². The predicted octanol–water partition coefficient (Wildman–Crippen LogP) is 3.47. The summed E-state index contributed by atoms with van der Waals surface area (Å²) in [5, 5.41) is 3.14.